The number of nitrogens with one attached hydrogen (secondary N) is 1. The summed E-state index contributed by atoms with van der Waals surface area (Å²) in [6.45, 7) is 1.52. The van der Waals surface area contributed by atoms with Gasteiger partial charge in [-0.05, 0) is 48.6 Å². The molecule has 0 saturated carbocycles. The Kier molecular flexibility index (Phi) is 6.52. The van der Waals surface area contributed by atoms with E-state index >= 15 is 0 Å². The van der Waals surface area contributed by atoms with Crippen molar-refractivity contribution >= 4 is 27.5 Å². The van der Waals surface area contributed by atoms with E-state index in [2.05, 4.69) is 5.32 Å². The fourth-order valence-corrected chi connectivity index (χ4v) is 4.95. The first-order chi connectivity index (χ1) is 12.9. The van der Waals surface area contributed by atoms with E-state index in [1.807, 2.05) is 12.1 Å². The Morgan fingerprint density at radius 1 is 1.07 bits per heavy atom. The molecule has 7 heteroatoms. The third kappa shape index (κ3) is 5.31. The summed E-state index contributed by atoms with van der Waals surface area (Å²) in [5.74, 6) is 0.243. The molecule has 0 atom stereocenters. The second-order valence-corrected chi connectivity index (χ2v) is 9.15. The maximum atomic E-state index is 12.6. The fourth-order valence-electron chi connectivity index (χ4n) is 3.25. The number of carbonyl (C=O) groups is 1. The standard InChI is InChI=1S/C20H23ClN2O3S/c21-18-6-4-5-17(13-18)14-20(24)22-15-16-9-11-23(12-10-16)27(25,26)19-7-2-1-3-8-19/h1-8,13,16H,9-12,14-15H2,(H,22,24). The highest BCUT2D eigenvalue weighted by Gasteiger charge is 2.29. The third-order valence-electron chi connectivity index (χ3n) is 4.80. The molecular formula is C20H23ClN2O3S. The highest BCUT2D eigenvalue weighted by Crippen LogP contribution is 2.23. The topological polar surface area (TPSA) is 66.5 Å². The van der Waals surface area contributed by atoms with Crippen molar-refractivity contribution in [1.82, 2.24) is 9.62 Å². The molecule has 3 rings (SSSR count). The minimum Gasteiger partial charge on any atom is -0.356 e. The van der Waals surface area contributed by atoms with Crippen LogP contribution in [0.5, 0.6) is 0 Å². The van der Waals surface area contributed by atoms with Gasteiger partial charge in [0.2, 0.25) is 15.9 Å². The van der Waals surface area contributed by atoms with Gasteiger partial charge >= 0.3 is 0 Å². The van der Waals surface area contributed by atoms with E-state index in [9.17, 15) is 13.2 Å². The first-order valence-electron chi connectivity index (χ1n) is 9.01. The van der Waals surface area contributed by atoms with Crippen molar-refractivity contribution in [2.75, 3.05) is 19.6 Å². The molecule has 0 unspecified atom stereocenters. The zero-order valence-corrected chi connectivity index (χ0v) is 16.5. The average molecular weight is 407 g/mol. The van der Waals surface area contributed by atoms with Crippen molar-refractivity contribution in [3.63, 3.8) is 0 Å². The second-order valence-electron chi connectivity index (χ2n) is 6.77. The van der Waals surface area contributed by atoms with Gasteiger partial charge in [0, 0.05) is 24.7 Å². The third-order valence-corrected chi connectivity index (χ3v) is 6.94. The monoisotopic (exact) mass is 406 g/mol. The van der Waals surface area contributed by atoms with Crippen LogP contribution in [0, 0.1) is 5.92 Å². The molecule has 27 heavy (non-hydrogen) atoms. The number of carbonyl (C=O) groups excluding carboxylic acids is 1. The number of piperidine rings is 1. The Morgan fingerprint density at radius 3 is 2.44 bits per heavy atom. The molecule has 2 aromatic carbocycles. The number of amides is 1. The molecule has 1 amide bonds. The summed E-state index contributed by atoms with van der Waals surface area (Å²) in [6.07, 6.45) is 1.77. The first kappa shape index (κ1) is 19.9. The quantitative estimate of drug-likeness (QED) is 0.801. The van der Waals surface area contributed by atoms with E-state index in [1.165, 1.54) is 4.31 Å². The van der Waals surface area contributed by atoms with Gasteiger partial charge in [-0.2, -0.15) is 4.31 Å². The predicted octanol–water partition coefficient (Wildman–Crippen LogP) is 3.10. The van der Waals surface area contributed by atoms with Gasteiger partial charge in [-0.3, -0.25) is 4.79 Å². The molecule has 5 nitrogen and oxygen atoms in total. The van der Waals surface area contributed by atoms with Crippen LogP contribution in [-0.4, -0.2) is 38.3 Å². The van der Waals surface area contributed by atoms with Crippen LogP contribution in [0.4, 0.5) is 0 Å². The van der Waals surface area contributed by atoms with Gasteiger partial charge in [0.05, 0.1) is 11.3 Å². The van der Waals surface area contributed by atoms with E-state index in [0.29, 0.717) is 36.0 Å². The summed E-state index contributed by atoms with van der Waals surface area (Å²) in [4.78, 5) is 12.4. The van der Waals surface area contributed by atoms with Gasteiger partial charge in [0.25, 0.3) is 0 Å². The van der Waals surface area contributed by atoms with E-state index in [1.54, 1.807) is 42.5 Å². The summed E-state index contributed by atoms with van der Waals surface area (Å²) >= 11 is 5.94. The number of sulfonamides is 1. The van der Waals surface area contributed by atoms with E-state index in [0.717, 1.165) is 18.4 Å². The van der Waals surface area contributed by atoms with E-state index in [4.69, 9.17) is 11.6 Å². The van der Waals surface area contributed by atoms with Gasteiger partial charge in [-0.25, -0.2) is 8.42 Å². The molecule has 0 spiro atoms. The molecule has 0 aliphatic carbocycles. The minimum absolute atomic E-state index is 0.0448. The minimum atomic E-state index is -3.43. The Bertz CT molecular complexity index is 879. The number of benzene rings is 2. The summed E-state index contributed by atoms with van der Waals surface area (Å²) < 4.78 is 26.8. The fraction of sp³-hybridized carbons (Fsp3) is 0.350. The van der Waals surface area contributed by atoms with Crippen molar-refractivity contribution in [1.29, 1.82) is 0 Å². The Balaban J connectivity index is 1.46. The molecule has 1 aliphatic rings. The lowest BCUT2D eigenvalue weighted by Crippen LogP contribution is -2.41. The number of halogens is 1. The zero-order valence-electron chi connectivity index (χ0n) is 15.0. The highest BCUT2D eigenvalue weighted by molar-refractivity contribution is 7.89. The lowest BCUT2D eigenvalue weighted by atomic mass is 9.98. The van der Waals surface area contributed by atoms with Crippen molar-refractivity contribution in [3.8, 4) is 0 Å². The van der Waals surface area contributed by atoms with Gasteiger partial charge < -0.3 is 5.32 Å². The molecule has 1 aliphatic heterocycles. The highest BCUT2D eigenvalue weighted by atomic mass is 35.5. The first-order valence-corrected chi connectivity index (χ1v) is 10.8. The number of nitrogens with zero attached hydrogens (tertiary/aromatic N) is 1. The average Bonchev–Trinajstić information content (AvgIpc) is 2.67. The van der Waals surface area contributed by atoms with Crippen LogP contribution in [0.1, 0.15) is 18.4 Å². The molecule has 144 valence electrons. The molecule has 1 fully saturated rings. The maximum absolute atomic E-state index is 12.6. The summed E-state index contributed by atoms with van der Waals surface area (Å²) in [5.41, 5.74) is 0.878. The van der Waals surface area contributed by atoms with E-state index in [-0.39, 0.29) is 11.8 Å². The van der Waals surface area contributed by atoms with Gasteiger partial charge in [-0.1, -0.05) is 41.9 Å². The Hall–Kier alpha value is -1.89. The van der Waals surface area contributed by atoms with Crippen LogP contribution < -0.4 is 5.32 Å². The molecule has 0 bridgehead atoms. The zero-order chi connectivity index (χ0) is 19.3. The molecule has 1 N–H and O–H groups in total. The second kappa shape index (κ2) is 8.87. The normalized spacial score (nSPS) is 16.2. The summed E-state index contributed by atoms with van der Waals surface area (Å²) in [5, 5.41) is 3.57. The van der Waals surface area contributed by atoms with Gasteiger partial charge in [0.15, 0.2) is 0 Å². The van der Waals surface area contributed by atoms with E-state index < -0.39 is 10.0 Å². The number of hydrogen-bond donors (Lipinski definition) is 1. The van der Waals surface area contributed by atoms with Crippen molar-refractivity contribution < 1.29 is 13.2 Å². The van der Waals surface area contributed by atoms with Crippen LogP contribution in [0.3, 0.4) is 0 Å². The molecular weight excluding hydrogens is 384 g/mol. The SMILES string of the molecule is O=C(Cc1cccc(Cl)c1)NCC1CCN(S(=O)(=O)c2ccccc2)CC1. The largest absolute Gasteiger partial charge is 0.356 e. The summed E-state index contributed by atoms with van der Waals surface area (Å²) in [7, 11) is -3.43. The van der Waals surface area contributed by atoms with Crippen molar-refractivity contribution in [2.45, 2.75) is 24.2 Å². The van der Waals surface area contributed by atoms with Crippen LogP contribution >= 0.6 is 11.6 Å². The van der Waals surface area contributed by atoms with Crippen LogP contribution in [0.25, 0.3) is 0 Å². The maximum Gasteiger partial charge on any atom is 0.243 e. The van der Waals surface area contributed by atoms with Gasteiger partial charge in [0.1, 0.15) is 0 Å². The van der Waals surface area contributed by atoms with Crippen LogP contribution in [0.15, 0.2) is 59.5 Å². The molecule has 1 saturated heterocycles. The summed E-state index contributed by atoms with van der Waals surface area (Å²) in [6, 6.07) is 15.8. The van der Waals surface area contributed by atoms with Crippen LogP contribution in [0.2, 0.25) is 5.02 Å². The number of hydrogen-bond acceptors (Lipinski definition) is 3. The smallest absolute Gasteiger partial charge is 0.243 e. The Labute approximate surface area is 165 Å². The van der Waals surface area contributed by atoms with Crippen LogP contribution in [-0.2, 0) is 21.2 Å². The van der Waals surface area contributed by atoms with Crippen molar-refractivity contribution in [2.24, 2.45) is 5.92 Å². The van der Waals surface area contributed by atoms with Gasteiger partial charge in [-0.15, -0.1) is 0 Å². The molecule has 0 radical (unpaired) electrons. The number of rotatable bonds is 6. The molecule has 0 aromatic heterocycles. The predicted molar refractivity (Wildman–Crippen MR) is 106 cm³/mol. The van der Waals surface area contributed by atoms with Crippen molar-refractivity contribution in [3.05, 3.63) is 65.2 Å². The lowest BCUT2D eigenvalue weighted by Gasteiger charge is -2.31. The lowest BCUT2D eigenvalue weighted by molar-refractivity contribution is -0.120. The molecule has 1 heterocycles. The Morgan fingerprint density at radius 2 is 1.78 bits per heavy atom. The molecule has 2 aromatic rings.